The summed E-state index contributed by atoms with van der Waals surface area (Å²) in [6.45, 7) is 7.96. The van der Waals surface area contributed by atoms with Crippen molar-refractivity contribution in [2.45, 2.75) is 26.4 Å². The molecule has 0 amide bonds. The summed E-state index contributed by atoms with van der Waals surface area (Å²) in [6.07, 6.45) is 0.820. The van der Waals surface area contributed by atoms with Gasteiger partial charge in [-0.25, -0.2) is 0 Å². The van der Waals surface area contributed by atoms with Gasteiger partial charge in [0.1, 0.15) is 0 Å². The molecule has 0 aliphatic carbocycles. The highest BCUT2D eigenvalue weighted by Gasteiger charge is 2.19. The van der Waals surface area contributed by atoms with E-state index in [-0.39, 0.29) is 0 Å². The normalized spacial score (nSPS) is 17.4. The van der Waals surface area contributed by atoms with Crippen LogP contribution in [0.3, 0.4) is 0 Å². The molecule has 1 fully saturated rings. The maximum atomic E-state index is 5.97. The minimum Gasteiger partial charge on any atom is -0.338 e. The van der Waals surface area contributed by atoms with Crippen molar-refractivity contribution in [3.8, 4) is 0 Å². The van der Waals surface area contributed by atoms with Crippen LogP contribution >= 0.6 is 22.9 Å². The molecule has 3 heterocycles. The van der Waals surface area contributed by atoms with E-state index in [0.29, 0.717) is 0 Å². The number of rotatable bonds is 5. The zero-order chi connectivity index (χ0) is 14.7. The van der Waals surface area contributed by atoms with Crippen LogP contribution in [0.1, 0.15) is 23.5 Å². The van der Waals surface area contributed by atoms with E-state index in [9.17, 15) is 0 Å². The summed E-state index contributed by atoms with van der Waals surface area (Å²) >= 11 is 7.64. The Kier molecular flexibility index (Phi) is 4.90. The third kappa shape index (κ3) is 4.03. The van der Waals surface area contributed by atoms with Gasteiger partial charge in [-0.1, -0.05) is 23.7 Å². The predicted octanol–water partition coefficient (Wildman–Crippen LogP) is 2.66. The Morgan fingerprint density at radius 3 is 2.48 bits per heavy atom. The summed E-state index contributed by atoms with van der Waals surface area (Å²) < 4.78 is 6.12. The Morgan fingerprint density at radius 1 is 1.19 bits per heavy atom. The Bertz CT molecular complexity index is 577. The lowest BCUT2D eigenvalue weighted by Crippen LogP contribution is -2.45. The summed E-state index contributed by atoms with van der Waals surface area (Å²) in [7, 11) is 0. The number of nitrogens with zero attached hydrogens (tertiary/aromatic N) is 4. The molecule has 1 saturated heterocycles. The highest BCUT2D eigenvalue weighted by Crippen LogP contribution is 2.23. The van der Waals surface area contributed by atoms with Gasteiger partial charge in [0.25, 0.3) is 0 Å². The molecular weight excluding hydrogens is 308 g/mol. The molecule has 21 heavy (non-hydrogen) atoms. The van der Waals surface area contributed by atoms with Crippen molar-refractivity contribution in [1.82, 2.24) is 19.9 Å². The summed E-state index contributed by atoms with van der Waals surface area (Å²) in [5.41, 5.74) is 0. The van der Waals surface area contributed by atoms with Gasteiger partial charge in [-0.05, 0) is 12.1 Å². The van der Waals surface area contributed by atoms with Crippen molar-refractivity contribution in [3.05, 3.63) is 33.1 Å². The number of hydrogen-bond donors (Lipinski definition) is 0. The lowest BCUT2D eigenvalue weighted by Gasteiger charge is -2.33. The van der Waals surface area contributed by atoms with Gasteiger partial charge in [0.2, 0.25) is 5.89 Å². The Hall–Kier alpha value is -0.950. The van der Waals surface area contributed by atoms with Gasteiger partial charge in [0.15, 0.2) is 5.82 Å². The minimum absolute atomic E-state index is 0.727. The molecule has 5 nitrogen and oxygen atoms in total. The largest absolute Gasteiger partial charge is 0.338 e. The SMILES string of the molecule is CCc1noc(CN2CCN(Cc3ccc(Cl)s3)CC2)n1. The van der Waals surface area contributed by atoms with Gasteiger partial charge >= 0.3 is 0 Å². The van der Waals surface area contributed by atoms with E-state index in [1.165, 1.54) is 4.88 Å². The van der Waals surface area contributed by atoms with E-state index in [1.54, 1.807) is 11.3 Å². The van der Waals surface area contributed by atoms with Gasteiger partial charge in [-0.3, -0.25) is 9.80 Å². The van der Waals surface area contributed by atoms with Crippen molar-refractivity contribution in [2.75, 3.05) is 26.2 Å². The maximum absolute atomic E-state index is 5.97. The fourth-order valence-electron chi connectivity index (χ4n) is 2.45. The molecule has 2 aromatic rings. The zero-order valence-corrected chi connectivity index (χ0v) is 13.7. The monoisotopic (exact) mass is 326 g/mol. The van der Waals surface area contributed by atoms with Crippen LogP contribution in [-0.2, 0) is 19.5 Å². The second-order valence-electron chi connectivity index (χ2n) is 5.22. The molecule has 0 spiro atoms. The standard InChI is InChI=1S/C14H19ClN4OS/c1-2-13-16-14(20-17-13)10-19-7-5-18(6-8-19)9-11-3-4-12(15)21-11/h3-4H,2,5-10H2,1H3. The third-order valence-electron chi connectivity index (χ3n) is 3.66. The molecule has 3 rings (SSSR count). The fourth-order valence-corrected chi connectivity index (χ4v) is 3.58. The van der Waals surface area contributed by atoms with Crippen LogP contribution in [0.25, 0.3) is 0 Å². The van der Waals surface area contributed by atoms with E-state index < -0.39 is 0 Å². The van der Waals surface area contributed by atoms with Crippen LogP contribution in [0.5, 0.6) is 0 Å². The molecule has 114 valence electrons. The average molecular weight is 327 g/mol. The molecule has 2 aromatic heterocycles. The predicted molar refractivity (Wildman–Crippen MR) is 83.6 cm³/mol. The number of piperazine rings is 1. The first kappa shape index (κ1) is 15.0. The van der Waals surface area contributed by atoms with Gasteiger partial charge in [0, 0.05) is 44.0 Å². The summed E-state index contributed by atoms with van der Waals surface area (Å²) in [5, 5.41) is 3.94. The van der Waals surface area contributed by atoms with Crippen LogP contribution in [0.15, 0.2) is 16.7 Å². The second kappa shape index (κ2) is 6.87. The van der Waals surface area contributed by atoms with E-state index in [1.807, 2.05) is 13.0 Å². The maximum Gasteiger partial charge on any atom is 0.240 e. The summed E-state index contributed by atoms with van der Waals surface area (Å²) in [6, 6.07) is 4.09. The lowest BCUT2D eigenvalue weighted by atomic mass is 10.3. The highest BCUT2D eigenvalue weighted by atomic mass is 35.5. The molecule has 0 radical (unpaired) electrons. The van der Waals surface area contributed by atoms with Crippen molar-refractivity contribution in [2.24, 2.45) is 0 Å². The first-order valence-electron chi connectivity index (χ1n) is 7.23. The molecule has 0 unspecified atom stereocenters. The van der Waals surface area contributed by atoms with Crippen LogP contribution < -0.4 is 0 Å². The van der Waals surface area contributed by atoms with E-state index in [2.05, 4.69) is 26.0 Å². The molecule has 7 heteroatoms. The first-order valence-corrected chi connectivity index (χ1v) is 8.43. The van der Waals surface area contributed by atoms with Crippen molar-refractivity contribution in [1.29, 1.82) is 0 Å². The van der Waals surface area contributed by atoms with Gasteiger partial charge in [-0.15, -0.1) is 11.3 Å². The molecule has 0 aromatic carbocycles. The number of halogens is 1. The topological polar surface area (TPSA) is 45.4 Å². The molecule has 0 saturated carbocycles. The molecule has 0 atom stereocenters. The number of thiophene rings is 1. The first-order chi connectivity index (χ1) is 10.2. The average Bonchev–Trinajstić information content (AvgIpc) is 3.10. The third-order valence-corrected chi connectivity index (χ3v) is 4.87. The van der Waals surface area contributed by atoms with E-state index in [4.69, 9.17) is 16.1 Å². The zero-order valence-electron chi connectivity index (χ0n) is 12.1. The molecular formula is C14H19ClN4OS. The number of hydrogen-bond acceptors (Lipinski definition) is 6. The van der Waals surface area contributed by atoms with Crippen LogP contribution in [0.4, 0.5) is 0 Å². The fraction of sp³-hybridized carbons (Fsp3) is 0.571. The number of aryl methyl sites for hydroxylation is 1. The minimum atomic E-state index is 0.727. The van der Waals surface area contributed by atoms with Gasteiger partial charge in [-0.2, -0.15) is 4.98 Å². The Balaban J connectivity index is 1.46. The quantitative estimate of drug-likeness (QED) is 0.845. The van der Waals surface area contributed by atoms with E-state index >= 15 is 0 Å². The molecule has 1 aliphatic heterocycles. The number of aromatic nitrogens is 2. The summed E-state index contributed by atoms with van der Waals surface area (Å²) in [4.78, 5) is 10.5. The van der Waals surface area contributed by atoms with Crippen LogP contribution in [0.2, 0.25) is 4.34 Å². The Morgan fingerprint density at radius 2 is 1.90 bits per heavy atom. The lowest BCUT2D eigenvalue weighted by molar-refractivity contribution is 0.113. The van der Waals surface area contributed by atoms with Crippen LogP contribution in [-0.4, -0.2) is 46.1 Å². The second-order valence-corrected chi connectivity index (χ2v) is 7.02. The Labute approximate surface area is 133 Å². The summed E-state index contributed by atoms with van der Waals surface area (Å²) in [5.74, 6) is 1.52. The highest BCUT2D eigenvalue weighted by molar-refractivity contribution is 7.16. The van der Waals surface area contributed by atoms with E-state index in [0.717, 1.165) is 61.7 Å². The molecule has 0 bridgehead atoms. The van der Waals surface area contributed by atoms with Gasteiger partial charge < -0.3 is 4.52 Å². The van der Waals surface area contributed by atoms with Crippen molar-refractivity contribution in [3.63, 3.8) is 0 Å². The smallest absolute Gasteiger partial charge is 0.240 e. The van der Waals surface area contributed by atoms with Crippen LogP contribution in [0, 0.1) is 0 Å². The molecule has 0 N–H and O–H groups in total. The van der Waals surface area contributed by atoms with Crippen molar-refractivity contribution < 1.29 is 4.52 Å². The van der Waals surface area contributed by atoms with Gasteiger partial charge in [0.05, 0.1) is 10.9 Å². The molecule has 1 aliphatic rings. The van der Waals surface area contributed by atoms with Crippen molar-refractivity contribution >= 4 is 22.9 Å².